The van der Waals surface area contributed by atoms with Crippen LogP contribution in [0.4, 0.5) is 17.1 Å². The highest BCUT2D eigenvalue weighted by Gasteiger charge is 2.17. The van der Waals surface area contributed by atoms with Crippen LogP contribution in [-0.4, -0.2) is 46.3 Å². The molecular weight excluding hydrogens is 355 g/mol. The normalized spacial score (nSPS) is 10.5. The van der Waals surface area contributed by atoms with Crippen molar-refractivity contribution in [3.05, 3.63) is 72.8 Å². The first kappa shape index (κ1) is 20.2. The standard InChI is InChI=1S/C19H20B3NO5/c1-20(24)14-2-8-17(9-3-14)23(18-10-4-15(5-11-18)21(25)26)19-12-6-16(7-13-19)22(27)28/h2-13,24-28H,1H3. The van der Waals surface area contributed by atoms with Crippen molar-refractivity contribution in [3.63, 3.8) is 0 Å². The first-order valence-corrected chi connectivity index (χ1v) is 8.87. The summed E-state index contributed by atoms with van der Waals surface area (Å²) >= 11 is 0. The third-order valence-corrected chi connectivity index (χ3v) is 4.53. The van der Waals surface area contributed by atoms with Crippen molar-refractivity contribution < 1.29 is 25.1 Å². The second-order valence-corrected chi connectivity index (χ2v) is 6.53. The smallest absolute Gasteiger partial charge is 0.447 e. The predicted octanol–water partition coefficient (Wildman–Crippen LogP) is -0.663. The molecule has 3 rings (SSSR count). The molecule has 0 amide bonds. The second kappa shape index (κ2) is 8.64. The Kier molecular flexibility index (Phi) is 6.23. The Labute approximate surface area is 164 Å². The van der Waals surface area contributed by atoms with Gasteiger partial charge in [-0.15, -0.1) is 0 Å². The SMILES string of the molecule is CB(O)c1ccc(N(c2ccc(B(O)O)cc2)c2ccc(B(O)O)cc2)cc1. The number of nitrogens with zero attached hydrogens (tertiary/aromatic N) is 1. The summed E-state index contributed by atoms with van der Waals surface area (Å²) in [5.74, 6) is 0. The van der Waals surface area contributed by atoms with Crippen LogP contribution in [0.5, 0.6) is 0 Å². The summed E-state index contributed by atoms with van der Waals surface area (Å²) in [5, 5.41) is 47.0. The highest BCUT2D eigenvalue weighted by Crippen LogP contribution is 2.33. The molecule has 0 saturated carbocycles. The minimum absolute atomic E-state index is 0.381. The van der Waals surface area contributed by atoms with Crippen LogP contribution < -0.4 is 21.3 Å². The average molecular weight is 375 g/mol. The summed E-state index contributed by atoms with van der Waals surface area (Å²) in [5.41, 5.74) is 3.96. The fraction of sp³-hybridized carbons (Fsp3) is 0.0526. The van der Waals surface area contributed by atoms with Crippen molar-refractivity contribution in [1.82, 2.24) is 0 Å². The van der Waals surface area contributed by atoms with E-state index in [1.165, 1.54) is 0 Å². The number of hydrogen-bond donors (Lipinski definition) is 5. The molecule has 0 saturated heterocycles. The molecule has 5 N–H and O–H groups in total. The van der Waals surface area contributed by atoms with Crippen molar-refractivity contribution in [2.24, 2.45) is 0 Å². The van der Waals surface area contributed by atoms with Gasteiger partial charge in [0.25, 0.3) is 0 Å². The highest BCUT2D eigenvalue weighted by atomic mass is 16.4. The summed E-state index contributed by atoms with van der Waals surface area (Å²) in [6.45, 7) is 1.13. The summed E-state index contributed by atoms with van der Waals surface area (Å²) in [4.78, 5) is 1.94. The van der Waals surface area contributed by atoms with Crippen molar-refractivity contribution in [3.8, 4) is 0 Å². The van der Waals surface area contributed by atoms with E-state index in [1.807, 2.05) is 29.2 Å². The fourth-order valence-corrected chi connectivity index (χ4v) is 2.94. The van der Waals surface area contributed by atoms with Gasteiger partial charge < -0.3 is 30.0 Å². The number of rotatable bonds is 6. The molecule has 6 nitrogen and oxygen atoms in total. The van der Waals surface area contributed by atoms with Gasteiger partial charge in [-0.25, -0.2) is 0 Å². The molecule has 0 fully saturated rings. The zero-order valence-electron chi connectivity index (χ0n) is 15.3. The fourth-order valence-electron chi connectivity index (χ4n) is 2.94. The lowest BCUT2D eigenvalue weighted by atomic mass is 9.64. The molecule has 0 aliphatic rings. The summed E-state index contributed by atoms with van der Waals surface area (Å²) < 4.78 is 0. The van der Waals surface area contributed by atoms with Gasteiger partial charge >= 0.3 is 21.2 Å². The molecule has 140 valence electrons. The van der Waals surface area contributed by atoms with Crippen LogP contribution in [0.15, 0.2) is 72.8 Å². The Morgan fingerprint density at radius 3 is 1.04 bits per heavy atom. The van der Waals surface area contributed by atoms with Gasteiger partial charge in [0.15, 0.2) is 0 Å². The van der Waals surface area contributed by atoms with E-state index in [2.05, 4.69) is 0 Å². The minimum Gasteiger partial charge on any atom is -0.447 e. The molecule has 0 aliphatic carbocycles. The van der Waals surface area contributed by atoms with Crippen molar-refractivity contribution in [2.75, 3.05) is 4.90 Å². The van der Waals surface area contributed by atoms with Gasteiger partial charge in [-0.2, -0.15) is 0 Å². The van der Waals surface area contributed by atoms with Crippen molar-refractivity contribution in [1.29, 1.82) is 0 Å². The van der Waals surface area contributed by atoms with Gasteiger partial charge in [0.05, 0.1) is 0 Å². The second-order valence-electron chi connectivity index (χ2n) is 6.53. The van der Waals surface area contributed by atoms with E-state index in [-0.39, 0.29) is 0 Å². The van der Waals surface area contributed by atoms with Crippen LogP contribution in [0.25, 0.3) is 0 Å². The first-order valence-electron chi connectivity index (χ1n) is 8.87. The Bertz CT molecular complexity index is 778. The number of anilines is 3. The van der Waals surface area contributed by atoms with E-state index in [9.17, 15) is 25.1 Å². The quantitative estimate of drug-likeness (QED) is 0.367. The van der Waals surface area contributed by atoms with E-state index < -0.39 is 21.2 Å². The molecule has 9 heteroatoms. The molecule has 0 aromatic heterocycles. The Morgan fingerprint density at radius 2 is 0.786 bits per heavy atom. The van der Waals surface area contributed by atoms with Crippen LogP contribution in [0.3, 0.4) is 0 Å². The highest BCUT2D eigenvalue weighted by molar-refractivity contribution is 6.64. The third-order valence-electron chi connectivity index (χ3n) is 4.53. The van der Waals surface area contributed by atoms with Gasteiger partial charge in [-0.3, -0.25) is 0 Å². The lowest BCUT2D eigenvalue weighted by Crippen LogP contribution is -2.30. The number of benzene rings is 3. The Balaban J connectivity index is 2.04. The van der Waals surface area contributed by atoms with E-state index in [0.717, 1.165) is 22.5 Å². The maximum Gasteiger partial charge on any atom is 0.488 e. The van der Waals surface area contributed by atoms with Crippen molar-refractivity contribution in [2.45, 2.75) is 6.82 Å². The van der Waals surface area contributed by atoms with Gasteiger partial charge in [-0.1, -0.05) is 43.2 Å². The van der Waals surface area contributed by atoms with Gasteiger partial charge in [0.2, 0.25) is 0 Å². The molecule has 0 bridgehead atoms. The minimum atomic E-state index is -1.54. The molecule has 28 heavy (non-hydrogen) atoms. The van der Waals surface area contributed by atoms with Crippen LogP contribution >= 0.6 is 0 Å². The molecule has 0 heterocycles. The summed E-state index contributed by atoms with van der Waals surface area (Å²) in [6.07, 6.45) is 0. The van der Waals surface area contributed by atoms with Crippen LogP contribution in [0, 0.1) is 0 Å². The largest absolute Gasteiger partial charge is 0.488 e. The van der Waals surface area contributed by atoms with Crippen LogP contribution in [0.2, 0.25) is 6.82 Å². The predicted molar refractivity (Wildman–Crippen MR) is 114 cm³/mol. The van der Waals surface area contributed by atoms with Gasteiger partial charge in [-0.05, 0) is 52.8 Å². The molecule has 0 spiro atoms. The third kappa shape index (κ3) is 4.47. The van der Waals surface area contributed by atoms with Gasteiger partial charge in [0, 0.05) is 17.1 Å². The molecule has 3 aromatic rings. The van der Waals surface area contributed by atoms with Crippen molar-refractivity contribution >= 4 is 54.6 Å². The Hall–Kier alpha value is -2.55. The van der Waals surface area contributed by atoms with Crippen LogP contribution in [0.1, 0.15) is 0 Å². The zero-order chi connectivity index (χ0) is 20.3. The Morgan fingerprint density at radius 1 is 0.500 bits per heavy atom. The molecule has 0 unspecified atom stereocenters. The first-order chi connectivity index (χ1) is 13.4. The zero-order valence-corrected chi connectivity index (χ0v) is 15.3. The van der Waals surface area contributed by atoms with E-state index in [0.29, 0.717) is 10.9 Å². The number of hydrogen-bond acceptors (Lipinski definition) is 6. The summed E-state index contributed by atoms with van der Waals surface area (Å²) in [6, 6.07) is 21.0. The maximum absolute atomic E-state index is 9.74. The molecule has 0 atom stereocenters. The van der Waals surface area contributed by atoms with E-state index in [1.54, 1.807) is 55.4 Å². The molecule has 0 aliphatic heterocycles. The molecule has 3 aromatic carbocycles. The lowest BCUT2D eigenvalue weighted by molar-refractivity contribution is 0.424. The summed E-state index contributed by atoms with van der Waals surface area (Å²) in [7, 11) is -3.09. The van der Waals surface area contributed by atoms with Crippen LogP contribution in [-0.2, 0) is 0 Å². The topological polar surface area (TPSA) is 104 Å². The average Bonchev–Trinajstić information content (AvgIpc) is 2.69. The molecule has 0 radical (unpaired) electrons. The molecular formula is C19H20B3NO5. The van der Waals surface area contributed by atoms with E-state index >= 15 is 0 Å². The van der Waals surface area contributed by atoms with E-state index in [4.69, 9.17) is 0 Å². The lowest BCUT2D eigenvalue weighted by Gasteiger charge is -2.26. The van der Waals surface area contributed by atoms with Gasteiger partial charge in [0.1, 0.15) is 0 Å². The monoisotopic (exact) mass is 375 g/mol. The maximum atomic E-state index is 9.74.